The number of nitrogens with zero attached hydrogens (tertiary/aromatic N) is 1. The Labute approximate surface area is 166 Å². The Morgan fingerprint density at radius 2 is 1.79 bits per heavy atom. The number of sulfone groups is 1. The second kappa shape index (κ2) is 8.46. The Balaban J connectivity index is 1.59. The number of alkyl halides is 3. The van der Waals surface area contributed by atoms with Gasteiger partial charge in [-0.25, -0.2) is 8.42 Å². The van der Waals surface area contributed by atoms with Gasteiger partial charge in [0.05, 0.1) is 17.5 Å². The maximum Gasteiger partial charge on any atom is 0.446 e. The number of halogens is 3. The second-order valence-electron chi connectivity index (χ2n) is 6.95. The quantitative estimate of drug-likeness (QED) is 0.570. The average molecular weight is 435 g/mol. The molecule has 2 aliphatic rings. The molecule has 1 aromatic rings. The predicted molar refractivity (Wildman–Crippen MR) is 103 cm³/mol. The minimum atomic E-state index is -4.34. The molecule has 28 heavy (non-hydrogen) atoms. The van der Waals surface area contributed by atoms with Gasteiger partial charge in [0.2, 0.25) is 5.91 Å². The van der Waals surface area contributed by atoms with E-state index in [-0.39, 0.29) is 34.2 Å². The van der Waals surface area contributed by atoms with Gasteiger partial charge in [-0.05, 0) is 61.5 Å². The van der Waals surface area contributed by atoms with E-state index in [4.69, 9.17) is 0 Å². The fourth-order valence-electron chi connectivity index (χ4n) is 3.58. The number of thioether (sulfide) groups is 1. The highest BCUT2D eigenvalue weighted by molar-refractivity contribution is 8.00. The van der Waals surface area contributed by atoms with E-state index >= 15 is 0 Å². The Hall–Kier alpha value is -1.52. The summed E-state index contributed by atoms with van der Waals surface area (Å²) in [5.74, 6) is -0.433. The molecule has 154 valence electrons. The zero-order valence-corrected chi connectivity index (χ0v) is 16.6. The monoisotopic (exact) mass is 434 g/mol. The van der Waals surface area contributed by atoms with Crippen molar-refractivity contribution in [2.75, 3.05) is 24.6 Å². The van der Waals surface area contributed by atoms with Gasteiger partial charge in [0.15, 0.2) is 9.84 Å². The molecular formula is C18H21F3N2O3S2. The van der Waals surface area contributed by atoms with Crippen LogP contribution in [0, 0.1) is 0 Å². The number of nitrogens with one attached hydrogen (secondary N) is 1. The Morgan fingerprint density at radius 3 is 2.39 bits per heavy atom. The summed E-state index contributed by atoms with van der Waals surface area (Å²) < 4.78 is 61.1. The second-order valence-corrected chi connectivity index (χ2v) is 10.2. The van der Waals surface area contributed by atoms with E-state index in [1.165, 1.54) is 36.4 Å². The van der Waals surface area contributed by atoms with Gasteiger partial charge in [0.25, 0.3) is 0 Å². The minimum Gasteiger partial charge on any atom is -0.347 e. The molecule has 2 aliphatic heterocycles. The summed E-state index contributed by atoms with van der Waals surface area (Å²) in [6, 6.07) is 5.00. The number of hydrogen-bond acceptors (Lipinski definition) is 5. The van der Waals surface area contributed by atoms with Gasteiger partial charge in [0, 0.05) is 17.0 Å². The van der Waals surface area contributed by atoms with E-state index in [0.717, 1.165) is 25.9 Å². The molecule has 2 atom stereocenters. The van der Waals surface area contributed by atoms with Crippen LogP contribution in [0.2, 0.25) is 0 Å². The summed E-state index contributed by atoms with van der Waals surface area (Å²) >= 11 is -0.198. The number of likely N-dealkylation sites (tertiary alicyclic amines) is 1. The number of carbonyl (C=O) groups excluding carboxylic acids is 1. The smallest absolute Gasteiger partial charge is 0.347 e. The largest absolute Gasteiger partial charge is 0.446 e. The first-order valence-electron chi connectivity index (χ1n) is 8.90. The molecule has 3 rings (SSSR count). The van der Waals surface area contributed by atoms with Crippen molar-refractivity contribution < 1.29 is 26.4 Å². The van der Waals surface area contributed by atoms with Crippen molar-refractivity contribution in [3.8, 4) is 0 Å². The van der Waals surface area contributed by atoms with Gasteiger partial charge >= 0.3 is 5.51 Å². The maximum atomic E-state index is 12.3. The van der Waals surface area contributed by atoms with Crippen LogP contribution in [0.3, 0.4) is 0 Å². The van der Waals surface area contributed by atoms with Gasteiger partial charge in [0.1, 0.15) is 0 Å². The van der Waals surface area contributed by atoms with Crippen LogP contribution >= 0.6 is 11.8 Å². The summed E-state index contributed by atoms with van der Waals surface area (Å²) in [6.07, 6.45) is 4.82. The van der Waals surface area contributed by atoms with Crippen LogP contribution in [0.15, 0.2) is 35.2 Å². The summed E-state index contributed by atoms with van der Waals surface area (Å²) in [4.78, 5) is 14.4. The first-order valence-corrected chi connectivity index (χ1v) is 11.5. The van der Waals surface area contributed by atoms with Crippen molar-refractivity contribution in [3.05, 3.63) is 35.9 Å². The Kier molecular flexibility index (Phi) is 6.41. The first-order chi connectivity index (χ1) is 13.1. The van der Waals surface area contributed by atoms with Crippen molar-refractivity contribution in [1.29, 1.82) is 0 Å². The lowest BCUT2D eigenvalue weighted by molar-refractivity contribution is -0.117. The molecule has 5 nitrogen and oxygen atoms in total. The molecule has 0 radical (unpaired) electrons. The van der Waals surface area contributed by atoms with E-state index in [1.54, 1.807) is 0 Å². The number of carbonyl (C=O) groups is 1. The van der Waals surface area contributed by atoms with Crippen molar-refractivity contribution in [3.63, 3.8) is 0 Å². The normalized spacial score (nSPS) is 25.4. The molecule has 1 amide bonds. The SMILES string of the molecule is O=C(/C=C/c1ccc(SC(F)(F)F)cc1)NC1CS(=O)(=O)CC1N1CCCC1. The highest BCUT2D eigenvalue weighted by atomic mass is 32.2. The van der Waals surface area contributed by atoms with Crippen LogP contribution in [0.25, 0.3) is 6.08 Å². The molecule has 2 fully saturated rings. The topological polar surface area (TPSA) is 66.5 Å². The van der Waals surface area contributed by atoms with Gasteiger partial charge < -0.3 is 5.32 Å². The fourth-order valence-corrected chi connectivity index (χ4v) is 6.07. The van der Waals surface area contributed by atoms with Crippen LogP contribution in [0.1, 0.15) is 18.4 Å². The van der Waals surface area contributed by atoms with E-state index in [1.807, 2.05) is 0 Å². The molecule has 2 saturated heterocycles. The Bertz CT molecular complexity index is 833. The number of rotatable bonds is 5. The molecule has 0 saturated carbocycles. The molecule has 0 bridgehead atoms. The standard InChI is InChI=1S/C18H21F3N2O3S2/c19-18(20,21)27-14-6-3-13(4-7-14)5-8-17(24)22-15-11-28(25,26)12-16(15)23-9-1-2-10-23/h3-8,15-16H,1-2,9-12H2,(H,22,24)/b8-5+. The predicted octanol–water partition coefficient (Wildman–Crippen LogP) is 2.69. The number of benzene rings is 1. The van der Waals surface area contributed by atoms with Crippen LogP contribution in [0.5, 0.6) is 0 Å². The summed E-state index contributed by atoms with van der Waals surface area (Å²) in [5.41, 5.74) is -3.76. The Morgan fingerprint density at radius 1 is 1.14 bits per heavy atom. The van der Waals surface area contributed by atoms with Crippen LogP contribution in [-0.2, 0) is 14.6 Å². The van der Waals surface area contributed by atoms with E-state index in [2.05, 4.69) is 10.2 Å². The third-order valence-corrected chi connectivity index (χ3v) is 7.26. The lowest BCUT2D eigenvalue weighted by atomic mass is 10.1. The molecular weight excluding hydrogens is 413 g/mol. The zero-order chi connectivity index (χ0) is 20.4. The molecule has 0 aromatic heterocycles. The van der Waals surface area contributed by atoms with E-state index in [0.29, 0.717) is 5.56 Å². The molecule has 0 aliphatic carbocycles. The van der Waals surface area contributed by atoms with Crippen LogP contribution in [0.4, 0.5) is 13.2 Å². The highest BCUT2D eigenvalue weighted by Crippen LogP contribution is 2.36. The van der Waals surface area contributed by atoms with Crippen molar-refractivity contribution in [2.24, 2.45) is 0 Å². The molecule has 0 spiro atoms. The zero-order valence-electron chi connectivity index (χ0n) is 15.0. The number of amides is 1. The van der Waals surface area contributed by atoms with E-state index in [9.17, 15) is 26.4 Å². The molecule has 10 heteroatoms. The van der Waals surface area contributed by atoms with Crippen molar-refractivity contribution in [2.45, 2.75) is 35.3 Å². The molecule has 2 unspecified atom stereocenters. The highest BCUT2D eigenvalue weighted by Gasteiger charge is 2.42. The average Bonchev–Trinajstić information content (AvgIpc) is 3.20. The molecule has 2 heterocycles. The first kappa shape index (κ1) is 21.2. The molecule has 1 aromatic carbocycles. The maximum absolute atomic E-state index is 12.3. The van der Waals surface area contributed by atoms with E-state index < -0.39 is 27.3 Å². The van der Waals surface area contributed by atoms with Gasteiger partial charge in [-0.3, -0.25) is 9.69 Å². The third-order valence-electron chi connectivity index (χ3n) is 4.80. The van der Waals surface area contributed by atoms with Crippen molar-refractivity contribution in [1.82, 2.24) is 10.2 Å². The fraction of sp³-hybridized carbons (Fsp3) is 0.500. The van der Waals surface area contributed by atoms with Gasteiger partial charge in [-0.15, -0.1) is 0 Å². The van der Waals surface area contributed by atoms with Gasteiger partial charge in [-0.1, -0.05) is 12.1 Å². The van der Waals surface area contributed by atoms with Crippen LogP contribution < -0.4 is 5.32 Å². The lowest BCUT2D eigenvalue weighted by Crippen LogP contribution is -2.49. The lowest BCUT2D eigenvalue weighted by Gasteiger charge is -2.28. The van der Waals surface area contributed by atoms with Gasteiger partial charge in [-0.2, -0.15) is 13.2 Å². The summed E-state index contributed by atoms with van der Waals surface area (Å²) in [7, 11) is -3.19. The summed E-state index contributed by atoms with van der Waals surface area (Å²) in [5, 5.41) is 2.77. The van der Waals surface area contributed by atoms with Crippen molar-refractivity contribution >= 4 is 33.6 Å². The molecule has 1 N–H and O–H groups in total. The minimum absolute atomic E-state index is 0.0556. The summed E-state index contributed by atoms with van der Waals surface area (Å²) in [6.45, 7) is 1.68. The third kappa shape index (κ3) is 5.99. The van der Waals surface area contributed by atoms with Crippen LogP contribution in [-0.4, -0.2) is 61.4 Å². The number of hydrogen-bond donors (Lipinski definition) is 1.